The van der Waals surface area contributed by atoms with Crippen LogP contribution in [-0.4, -0.2) is 32.5 Å². The Balaban J connectivity index is 2.77. The highest BCUT2D eigenvalue weighted by atomic mass is 32.2. The summed E-state index contributed by atoms with van der Waals surface area (Å²) in [5, 5.41) is 8.85. The highest BCUT2D eigenvalue weighted by Crippen LogP contribution is 2.18. The van der Waals surface area contributed by atoms with Crippen molar-refractivity contribution < 1.29 is 8.42 Å². The van der Waals surface area contributed by atoms with Gasteiger partial charge >= 0.3 is 0 Å². The molecule has 0 saturated carbocycles. The molecule has 0 aliphatic carbocycles. The van der Waals surface area contributed by atoms with Crippen LogP contribution in [0, 0.1) is 11.3 Å². The monoisotopic (exact) mass is 280 g/mol. The minimum atomic E-state index is -3.12. The molecule has 0 saturated heterocycles. The first kappa shape index (κ1) is 15.5. The smallest absolute Gasteiger partial charge is 0.156 e. The van der Waals surface area contributed by atoms with Crippen LogP contribution in [0.1, 0.15) is 26.3 Å². The predicted molar refractivity (Wildman–Crippen MR) is 78.0 cm³/mol. The zero-order valence-electron chi connectivity index (χ0n) is 11.8. The molecule has 19 heavy (non-hydrogen) atoms. The number of rotatable bonds is 4. The van der Waals surface area contributed by atoms with Crippen molar-refractivity contribution in [2.45, 2.75) is 25.5 Å². The van der Waals surface area contributed by atoms with Gasteiger partial charge in [0, 0.05) is 19.3 Å². The third-order valence-corrected chi connectivity index (χ3v) is 5.63. The van der Waals surface area contributed by atoms with Gasteiger partial charge in [-0.2, -0.15) is 5.26 Å². The first-order valence-electron chi connectivity index (χ1n) is 6.11. The molecule has 0 aliphatic heterocycles. The molecule has 5 heteroatoms. The van der Waals surface area contributed by atoms with Crippen LogP contribution in [0.3, 0.4) is 0 Å². The Morgan fingerprint density at radius 1 is 1.32 bits per heavy atom. The Bertz CT molecular complexity index is 580. The quantitative estimate of drug-likeness (QED) is 0.848. The van der Waals surface area contributed by atoms with E-state index in [-0.39, 0.29) is 5.75 Å². The third-order valence-electron chi connectivity index (χ3n) is 3.04. The van der Waals surface area contributed by atoms with E-state index in [9.17, 15) is 8.42 Å². The summed E-state index contributed by atoms with van der Waals surface area (Å²) in [6, 6.07) is 9.21. The van der Waals surface area contributed by atoms with E-state index in [0.29, 0.717) is 12.1 Å². The molecule has 104 valence electrons. The summed E-state index contributed by atoms with van der Waals surface area (Å²) in [6.45, 7) is 5.53. The molecule has 0 radical (unpaired) electrons. The Morgan fingerprint density at radius 2 is 1.95 bits per heavy atom. The summed E-state index contributed by atoms with van der Waals surface area (Å²) in [5.74, 6) is 0.101. The molecule has 0 atom stereocenters. The first-order chi connectivity index (χ1) is 8.67. The fraction of sp³-hybridized carbons (Fsp3) is 0.500. The molecule has 0 spiro atoms. The maximum atomic E-state index is 12.0. The second kappa shape index (κ2) is 5.62. The average Bonchev–Trinajstić information content (AvgIpc) is 2.34. The fourth-order valence-corrected chi connectivity index (χ4v) is 2.63. The van der Waals surface area contributed by atoms with Gasteiger partial charge in [0.25, 0.3) is 0 Å². The summed E-state index contributed by atoms with van der Waals surface area (Å²) >= 11 is 0. The van der Waals surface area contributed by atoms with E-state index in [1.165, 1.54) is 0 Å². The van der Waals surface area contributed by atoms with Crippen molar-refractivity contribution in [1.82, 2.24) is 0 Å². The molecular formula is C14H20N2O2S. The predicted octanol–water partition coefficient (Wildman–Crippen LogP) is 2.21. The number of benzene rings is 1. The highest BCUT2D eigenvalue weighted by Gasteiger charge is 2.28. The van der Waals surface area contributed by atoms with Crippen molar-refractivity contribution >= 4 is 15.5 Å². The molecular weight excluding hydrogens is 260 g/mol. The zero-order chi connectivity index (χ0) is 14.7. The number of anilines is 1. The third kappa shape index (κ3) is 3.97. The summed E-state index contributed by atoms with van der Waals surface area (Å²) in [6.07, 6.45) is 0. The van der Waals surface area contributed by atoms with Crippen LogP contribution in [-0.2, 0) is 9.84 Å². The first-order valence-corrected chi connectivity index (χ1v) is 7.76. The topological polar surface area (TPSA) is 61.2 Å². The standard InChI is InChI=1S/C14H20N2O2S/c1-14(2,3)19(17,18)9-8-16(4)13-7-5-6-12(10-13)11-15/h5-7,10H,8-9H2,1-4H3. The van der Waals surface area contributed by atoms with E-state index < -0.39 is 14.6 Å². The minimum absolute atomic E-state index is 0.101. The van der Waals surface area contributed by atoms with Gasteiger partial charge in [-0.15, -0.1) is 0 Å². The lowest BCUT2D eigenvalue weighted by molar-refractivity contribution is 0.559. The summed E-state index contributed by atoms with van der Waals surface area (Å²) in [4.78, 5) is 1.85. The van der Waals surface area contributed by atoms with Gasteiger partial charge in [-0.05, 0) is 39.0 Å². The van der Waals surface area contributed by atoms with Crippen LogP contribution in [0.15, 0.2) is 24.3 Å². The molecule has 0 amide bonds. The Kier molecular flexibility index (Phi) is 4.59. The van der Waals surface area contributed by atoms with Gasteiger partial charge in [0.1, 0.15) is 0 Å². The number of nitriles is 1. The number of hydrogen-bond donors (Lipinski definition) is 0. The summed E-state index contributed by atoms with van der Waals surface area (Å²) < 4.78 is 23.3. The molecule has 1 aromatic rings. The summed E-state index contributed by atoms with van der Waals surface area (Å²) in [7, 11) is -1.30. The second-order valence-electron chi connectivity index (χ2n) is 5.51. The molecule has 0 bridgehead atoms. The lowest BCUT2D eigenvalue weighted by atomic mass is 10.2. The van der Waals surface area contributed by atoms with Crippen LogP contribution < -0.4 is 4.90 Å². The van der Waals surface area contributed by atoms with Crippen molar-refractivity contribution in [2.75, 3.05) is 24.2 Å². The second-order valence-corrected chi connectivity index (χ2v) is 8.38. The average molecular weight is 280 g/mol. The van der Waals surface area contributed by atoms with Crippen molar-refractivity contribution in [3.05, 3.63) is 29.8 Å². The molecule has 0 unspecified atom stereocenters. The number of hydrogen-bond acceptors (Lipinski definition) is 4. The number of sulfone groups is 1. The molecule has 0 aliphatic rings. The van der Waals surface area contributed by atoms with Crippen molar-refractivity contribution in [3.63, 3.8) is 0 Å². The lowest BCUT2D eigenvalue weighted by Crippen LogP contribution is -2.35. The molecule has 4 nitrogen and oxygen atoms in total. The van der Waals surface area contributed by atoms with Crippen LogP contribution in [0.25, 0.3) is 0 Å². The largest absolute Gasteiger partial charge is 0.374 e. The summed E-state index contributed by atoms with van der Waals surface area (Å²) in [5.41, 5.74) is 1.42. The minimum Gasteiger partial charge on any atom is -0.374 e. The maximum absolute atomic E-state index is 12.0. The molecule has 0 fully saturated rings. The Hall–Kier alpha value is -1.54. The molecule has 0 heterocycles. The van der Waals surface area contributed by atoms with E-state index in [2.05, 4.69) is 6.07 Å². The fourth-order valence-electron chi connectivity index (χ4n) is 1.51. The van der Waals surface area contributed by atoms with E-state index >= 15 is 0 Å². The molecule has 1 rings (SSSR count). The van der Waals surface area contributed by atoms with Crippen LogP contribution in [0.5, 0.6) is 0 Å². The van der Waals surface area contributed by atoms with Gasteiger partial charge in [0.15, 0.2) is 9.84 Å². The van der Waals surface area contributed by atoms with Gasteiger partial charge in [-0.3, -0.25) is 0 Å². The van der Waals surface area contributed by atoms with Gasteiger partial charge in [0.05, 0.1) is 22.1 Å². The number of nitrogens with zero attached hydrogens (tertiary/aromatic N) is 2. The normalized spacial score (nSPS) is 11.9. The molecule has 0 aromatic heterocycles. The SMILES string of the molecule is CN(CCS(=O)(=O)C(C)(C)C)c1cccc(C#N)c1. The lowest BCUT2D eigenvalue weighted by Gasteiger charge is -2.23. The van der Waals surface area contributed by atoms with Gasteiger partial charge < -0.3 is 4.90 Å². The maximum Gasteiger partial charge on any atom is 0.156 e. The van der Waals surface area contributed by atoms with Crippen LogP contribution >= 0.6 is 0 Å². The van der Waals surface area contributed by atoms with E-state index in [1.54, 1.807) is 39.0 Å². The van der Waals surface area contributed by atoms with Crippen molar-refractivity contribution in [1.29, 1.82) is 5.26 Å². The van der Waals surface area contributed by atoms with Gasteiger partial charge in [-0.1, -0.05) is 6.07 Å². The zero-order valence-corrected chi connectivity index (χ0v) is 12.7. The van der Waals surface area contributed by atoms with Crippen LogP contribution in [0.4, 0.5) is 5.69 Å². The van der Waals surface area contributed by atoms with E-state index in [0.717, 1.165) is 5.69 Å². The van der Waals surface area contributed by atoms with Crippen LogP contribution in [0.2, 0.25) is 0 Å². The Labute approximate surface area is 115 Å². The van der Waals surface area contributed by atoms with Crippen molar-refractivity contribution in [3.8, 4) is 6.07 Å². The van der Waals surface area contributed by atoms with E-state index in [1.807, 2.05) is 18.0 Å². The highest BCUT2D eigenvalue weighted by molar-refractivity contribution is 7.92. The van der Waals surface area contributed by atoms with Crippen molar-refractivity contribution in [2.24, 2.45) is 0 Å². The molecule has 1 aromatic carbocycles. The van der Waals surface area contributed by atoms with Gasteiger partial charge in [0.2, 0.25) is 0 Å². The van der Waals surface area contributed by atoms with E-state index in [4.69, 9.17) is 5.26 Å². The molecule has 0 N–H and O–H groups in total. The Morgan fingerprint density at radius 3 is 2.47 bits per heavy atom. The van der Waals surface area contributed by atoms with Gasteiger partial charge in [-0.25, -0.2) is 8.42 Å².